The summed E-state index contributed by atoms with van der Waals surface area (Å²) >= 11 is 0. The van der Waals surface area contributed by atoms with Gasteiger partial charge in [0.05, 0.1) is 24.9 Å². The second kappa shape index (κ2) is 7.43. The molecule has 0 N–H and O–H groups in total. The number of ether oxygens (including phenoxy) is 2. The summed E-state index contributed by atoms with van der Waals surface area (Å²) in [4.78, 5) is 13.9. The number of fused-ring (bicyclic) bond motifs is 1. The lowest BCUT2D eigenvalue weighted by atomic mass is 10.2. The molecule has 1 aromatic rings. The number of halogens is 1. The second-order valence-electron chi connectivity index (χ2n) is 7.83. The Labute approximate surface area is 150 Å². The summed E-state index contributed by atoms with van der Waals surface area (Å²) < 4.78 is 30.5. The van der Waals surface area contributed by atoms with Gasteiger partial charge in [-0.25, -0.2) is 4.39 Å². The van der Waals surface area contributed by atoms with Crippen LogP contribution in [0.15, 0.2) is 18.2 Å². The number of carbonyl (C=O) groups excluding carboxylic acids is 1. The highest BCUT2D eigenvalue weighted by Gasteiger charge is 2.38. The van der Waals surface area contributed by atoms with Crippen molar-refractivity contribution in [1.82, 2.24) is 0 Å². The minimum Gasteiger partial charge on any atom is -0.481 e. The molecule has 1 atom stereocenters. The fourth-order valence-electron chi connectivity index (χ4n) is 2.30. The van der Waals surface area contributed by atoms with E-state index < -0.39 is 14.1 Å². The number of hydrogen-bond acceptors (Lipinski definition) is 4. The maximum Gasteiger partial charge on any atom is 0.265 e. The van der Waals surface area contributed by atoms with Gasteiger partial charge >= 0.3 is 0 Å². The standard InChI is InChI=1S/C18H28FNO4Si/c1-18(2,3)25(5,6)24-11-14(22-4)10-20-15-8-7-13(19)9-16(15)23-12-17(20)21/h7-9,14H,10-12H2,1-6H3/t14-/m1/s1. The Kier molecular flexibility index (Phi) is 5.91. The summed E-state index contributed by atoms with van der Waals surface area (Å²) in [5, 5.41) is 0.101. The third-order valence-electron chi connectivity index (χ3n) is 5.02. The lowest BCUT2D eigenvalue weighted by Crippen LogP contribution is -2.47. The van der Waals surface area contributed by atoms with Crippen molar-refractivity contribution in [2.45, 2.75) is 45.0 Å². The molecule has 7 heteroatoms. The SMILES string of the molecule is CO[C@@H](CO[Si](C)(C)C(C)(C)C)CN1C(=O)COc2cc(F)ccc21. The van der Waals surface area contributed by atoms with E-state index in [0.29, 0.717) is 24.6 Å². The summed E-state index contributed by atoms with van der Waals surface area (Å²) in [6.07, 6.45) is -0.269. The fourth-order valence-corrected chi connectivity index (χ4v) is 3.33. The molecule has 1 aliphatic heterocycles. The van der Waals surface area contributed by atoms with Crippen molar-refractivity contribution in [1.29, 1.82) is 0 Å². The fraction of sp³-hybridized carbons (Fsp3) is 0.611. The van der Waals surface area contributed by atoms with Crippen molar-refractivity contribution in [3.8, 4) is 5.75 Å². The number of amides is 1. The predicted octanol–water partition coefficient (Wildman–Crippen LogP) is 3.59. The smallest absolute Gasteiger partial charge is 0.265 e. The Morgan fingerprint density at radius 3 is 2.64 bits per heavy atom. The molecule has 2 rings (SSSR count). The van der Waals surface area contributed by atoms with Gasteiger partial charge in [-0.3, -0.25) is 4.79 Å². The molecule has 0 saturated heterocycles. The third kappa shape index (κ3) is 4.59. The maximum atomic E-state index is 13.4. The first-order valence-electron chi connectivity index (χ1n) is 8.44. The highest BCUT2D eigenvalue weighted by atomic mass is 28.4. The minimum atomic E-state index is -1.90. The molecule has 1 aliphatic rings. The van der Waals surface area contributed by atoms with Crippen LogP contribution in [0, 0.1) is 5.82 Å². The summed E-state index contributed by atoms with van der Waals surface area (Å²) in [6.45, 7) is 11.5. The van der Waals surface area contributed by atoms with Crippen LogP contribution in [0.1, 0.15) is 20.8 Å². The number of benzene rings is 1. The average Bonchev–Trinajstić information content (AvgIpc) is 2.52. The van der Waals surface area contributed by atoms with Crippen LogP contribution in [0.2, 0.25) is 18.1 Å². The van der Waals surface area contributed by atoms with Crippen LogP contribution >= 0.6 is 0 Å². The number of carbonyl (C=O) groups is 1. The van der Waals surface area contributed by atoms with E-state index in [1.165, 1.54) is 12.1 Å². The van der Waals surface area contributed by atoms with Crippen LogP contribution in [0.3, 0.4) is 0 Å². The van der Waals surface area contributed by atoms with Crippen molar-refractivity contribution in [3.05, 3.63) is 24.0 Å². The Hall–Kier alpha value is -1.44. The molecule has 0 aliphatic carbocycles. The van der Waals surface area contributed by atoms with E-state index in [1.807, 2.05) is 0 Å². The van der Waals surface area contributed by atoms with E-state index in [4.69, 9.17) is 13.9 Å². The average molecular weight is 370 g/mol. The van der Waals surface area contributed by atoms with Gasteiger partial charge in [0.1, 0.15) is 11.6 Å². The Bertz CT molecular complexity index is 630. The van der Waals surface area contributed by atoms with E-state index >= 15 is 0 Å². The van der Waals surface area contributed by atoms with Crippen LogP contribution in [0.5, 0.6) is 5.75 Å². The molecule has 1 amide bonds. The molecule has 0 fully saturated rings. The first-order chi connectivity index (χ1) is 11.5. The monoisotopic (exact) mass is 369 g/mol. The minimum absolute atomic E-state index is 0.101. The van der Waals surface area contributed by atoms with Gasteiger partial charge in [-0.05, 0) is 30.3 Å². The summed E-state index contributed by atoms with van der Waals surface area (Å²) in [5.41, 5.74) is 0.562. The van der Waals surface area contributed by atoms with Crippen LogP contribution in [0.25, 0.3) is 0 Å². The van der Waals surface area contributed by atoms with E-state index in [9.17, 15) is 9.18 Å². The molecule has 0 bridgehead atoms. The maximum absolute atomic E-state index is 13.4. The first-order valence-corrected chi connectivity index (χ1v) is 11.4. The second-order valence-corrected chi connectivity index (χ2v) is 12.6. The molecule has 25 heavy (non-hydrogen) atoms. The van der Waals surface area contributed by atoms with Crippen LogP contribution < -0.4 is 9.64 Å². The van der Waals surface area contributed by atoms with Crippen LogP contribution in [-0.2, 0) is 14.0 Å². The van der Waals surface area contributed by atoms with Crippen LogP contribution in [0.4, 0.5) is 10.1 Å². The van der Waals surface area contributed by atoms with E-state index in [0.717, 1.165) is 0 Å². The number of rotatable bonds is 6. The number of anilines is 1. The molecule has 0 saturated carbocycles. The van der Waals surface area contributed by atoms with Crippen molar-refractivity contribution in [2.24, 2.45) is 0 Å². The Balaban J connectivity index is 2.10. The number of nitrogens with zero attached hydrogens (tertiary/aromatic N) is 1. The van der Waals surface area contributed by atoms with Gasteiger partial charge in [0, 0.05) is 13.2 Å². The van der Waals surface area contributed by atoms with Crippen molar-refractivity contribution >= 4 is 19.9 Å². The molecule has 0 unspecified atom stereocenters. The van der Waals surface area contributed by atoms with Gasteiger partial charge in [0.15, 0.2) is 14.9 Å². The van der Waals surface area contributed by atoms with Gasteiger partial charge in [0.2, 0.25) is 0 Å². The number of methoxy groups -OCH3 is 1. The van der Waals surface area contributed by atoms with Gasteiger partial charge < -0.3 is 18.8 Å². The van der Waals surface area contributed by atoms with Crippen LogP contribution in [-0.4, -0.2) is 47.2 Å². The molecule has 0 radical (unpaired) electrons. The van der Waals surface area contributed by atoms with Gasteiger partial charge in [-0.1, -0.05) is 20.8 Å². The van der Waals surface area contributed by atoms with E-state index in [-0.39, 0.29) is 23.7 Å². The molecule has 0 aromatic heterocycles. The lowest BCUT2D eigenvalue weighted by Gasteiger charge is -2.38. The van der Waals surface area contributed by atoms with Gasteiger partial charge in [0.25, 0.3) is 5.91 Å². The third-order valence-corrected chi connectivity index (χ3v) is 9.52. The van der Waals surface area contributed by atoms with E-state index in [1.54, 1.807) is 18.1 Å². The lowest BCUT2D eigenvalue weighted by molar-refractivity contribution is -0.121. The van der Waals surface area contributed by atoms with Crippen molar-refractivity contribution < 1.29 is 23.1 Å². The zero-order valence-electron chi connectivity index (χ0n) is 15.9. The zero-order chi connectivity index (χ0) is 18.8. The predicted molar refractivity (Wildman–Crippen MR) is 98.2 cm³/mol. The largest absolute Gasteiger partial charge is 0.481 e. The number of hydrogen-bond donors (Lipinski definition) is 0. The highest BCUT2D eigenvalue weighted by molar-refractivity contribution is 6.74. The normalized spacial score (nSPS) is 16.4. The molecule has 5 nitrogen and oxygen atoms in total. The van der Waals surface area contributed by atoms with E-state index in [2.05, 4.69) is 33.9 Å². The zero-order valence-corrected chi connectivity index (χ0v) is 16.9. The Morgan fingerprint density at radius 1 is 1.36 bits per heavy atom. The molecule has 140 valence electrons. The molecule has 1 heterocycles. The topological polar surface area (TPSA) is 48.0 Å². The quantitative estimate of drug-likeness (QED) is 0.719. The van der Waals surface area contributed by atoms with Gasteiger partial charge in [-0.15, -0.1) is 0 Å². The molecule has 1 aromatic carbocycles. The first kappa shape index (κ1) is 19.9. The summed E-state index contributed by atoms with van der Waals surface area (Å²) in [5.74, 6) is -0.189. The summed E-state index contributed by atoms with van der Waals surface area (Å²) in [6, 6.07) is 4.17. The summed E-state index contributed by atoms with van der Waals surface area (Å²) in [7, 11) is -0.296. The highest BCUT2D eigenvalue weighted by Crippen LogP contribution is 2.37. The molecule has 0 spiro atoms. The van der Waals surface area contributed by atoms with Crippen molar-refractivity contribution in [2.75, 3.05) is 31.8 Å². The van der Waals surface area contributed by atoms with Crippen molar-refractivity contribution in [3.63, 3.8) is 0 Å². The molecular weight excluding hydrogens is 341 g/mol. The van der Waals surface area contributed by atoms with Gasteiger partial charge in [-0.2, -0.15) is 0 Å². The Morgan fingerprint density at radius 2 is 2.04 bits per heavy atom. The molecular formula is C18H28FNO4Si.